The number of ketones is 1. The van der Waals surface area contributed by atoms with Gasteiger partial charge in [0.25, 0.3) is 0 Å². The molecule has 1 aliphatic rings. The molecule has 1 saturated heterocycles. The molecule has 1 amide bonds. The molecule has 0 atom stereocenters. The van der Waals surface area contributed by atoms with Crippen molar-refractivity contribution in [1.29, 1.82) is 0 Å². The number of nitrogens with one attached hydrogen (secondary N) is 1. The molecule has 1 N–H and O–H groups in total. The van der Waals surface area contributed by atoms with Crippen molar-refractivity contribution in [3.63, 3.8) is 0 Å². The molecule has 1 fully saturated rings. The van der Waals surface area contributed by atoms with E-state index in [9.17, 15) is 18.0 Å². The molecule has 188 valence electrons. The van der Waals surface area contributed by atoms with E-state index in [0.29, 0.717) is 43.1 Å². The number of carbonyl (C=O) groups excluding carboxylic acids is 2. The van der Waals surface area contributed by atoms with Crippen LogP contribution in [0.1, 0.15) is 21.5 Å². The van der Waals surface area contributed by atoms with E-state index in [1.807, 2.05) is 59.5 Å². The Morgan fingerprint density at radius 2 is 1.58 bits per heavy atom. The van der Waals surface area contributed by atoms with Crippen LogP contribution in [0.2, 0.25) is 0 Å². The van der Waals surface area contributed by atoms with E-state index in [1.165, 1.54) is 0 Å². The number of nitrogens with zero attached hydrogens (tertiary/aromatic N) is 1. The van der Waals surface area contributed by atoms with Crippen molar-refractivity contribution in [1.82, 2.24) is 4.90 Å². The van der Waals surface area contributed by atoms with Gasteiger partial charge in [0.15, 0.2) is 15.6 Å². The first-order valence-electron chi connectivity index (χ1n) is 11.8. The van der Waals surface area contributed by atoms with Gasteiger partial charge in [-0.15, -0.1) is 0 Å². The summed E-state index contributed by atoms with van der Waals surface area (Å²) >= 11 is 0. The van der Waals surface area contributed by atoms with Crippen LogP contribution in [0.4, 0.5) is 5.69 Å². The molecule has 1 heterocycles. The van der Waals surface area contributed by atoms with Crippen LogP contribution in [-0.4, -0.2) is 64.1 Å². The zero-order valence-corrected chi connectivity index (χ0v) is 21.1. The quantitative estimate of drug-likeness (QED) is 0.446. The largest absolute Gasteiger partial charge is 0.379 e. The summed E-state index contributed by atoms with van der Waals surface area (Å²) in [6.07, 6.45) is 1.34. The minimum Gasteiger partial charge on any atom is -0.379 e. The molecule has 0 aliphatic carbocycles. The Balaban J connectivity index is 1.49. The van der Waals surface area contributed by atoms with Crippen molar-refractivity contribution in [2.75, 3.05) is 44.4 Å². The normalized spacial score (nSPS) is 14.4. The summed E-state index contributed by atoms with van der Waals surface area (Å²) in [6.45, 7) is 2.63. The number of hydrogen-bond donors (Lipinski definition) is 1. The number of carbonyl (C=O) groups is 2. The molecular formula is C28H30N2O5S. The van der Waals surface area contributed by atoms with Crippen LogP contribution < -0.4 is 5.32 Å². The fraction of sp³-hybridized carbons (Fsp3) is 0.286. The van der Waals surface area contributed by atoms with Crippen LogP contribution >= 0.6 is 0 Å². The topological polar surface area (TPSA) is 92.8 Å². The van der Waals surface area contributed by atoms with Crippen LogP contribution in [0, 0.1) is 0 Å². The van der Waals surface area contributed by atoms with Crippen molar-refractivity contribution in [3.8, 4) is 11.1 Å². The number of hydrogen-bond acceptors (Lipinski definition) is 6. The van der Waals surface area contributed by atoms with Gasteiger partial charge in [0.1, 0.15) is 0 Å². The van der Waals surface area contributed by atoms with Gasteiger partial charge in [0, 0.05) is 37.0 Å². The van der Waals surface area contributed by atoms with Crippen molar-refractivity contribution in [3.05, 3.63) is 89.5 Å². The van der Waals surface area contributed by atoms with Crippen LogP contribution in [-0.2, 0) is 31.5 Å². The smallest absolute Gasteiger partial charge is 0.238 e. The maximum atomic E-state index is 13.1. The van der Waals surface area contributed by atoms with Crippen LogP contribution in [0.15, 0.2) is 72.8 Å². The number of morpholine rings is 1. The lowest BCUT2D eigenvalue weighted by atomic mass is 9.98. The molecule has 7 nitrogen and oxygen atoms in total. The Labute approximate surface area is 212 Å². The highest BCUT2D eigenvalue weighted by atomic mass is 32.2. The number of benzene rings is 3. The van der Waals surface area contributed by atoms with Gasteiger partial charge >= 0.3 is 0 Å². The number of anilines is 1. The standard InChI is InChI=1S/C28H30N2O5S/c1-36(33,34)20-25-12-11-24(18-26(25)29-28(32)19-30-13-15-35-16-14-30)27(31)17-21-7-9-23(10-8-21)22-5-3-2-4-6-22/h2-12,18H,13-17,19-20H2,1H3,(H,29,32). The Hall–Kier alpha value is -3.33. The maximum absolute atomic E-state index is 13.1. The zero-order valence-electron chi connectivity index (χ0n) is 20.3. The van der Waals surface area contributed by atoms with Gasteiger partial charge < -0.3 is 10.1 Å². The van der Waals surface area contributed by atoms with Gasteiger partial charge in [-0.1, -0.05) is 66.7 Å². The van der Waals surface area contributed by atoms with Crippen LogP contribution in [0.25, 0.3) is 11.1 Å². The number of amides is 1. The highest BCUT2D eigenvalue weighted by Gasteiger charge is 2.18. The van der Waals surface area contributed by atoms with Crippen molar-refractivity contribution < 1.29 is 22.7 Å². The van der Waals surface area contributed by atoms with E-state index in [4.69, 9.17) is 4.74 Å². The van der Waals surface area contributed by atoms with E-state index in [-0.39, 0.29) is 30.4 Å². The third-order valence-corrected chi connectivity index (χ3v) is 6.86. The molecule has 0 aromatic heterocycles. The first kappa shape index (κ1) is 25.8. The highest BCUT2D eigenvalue weighted by Crippen LogP contribution is 2.23. The van der Waals surface area contributed by atoms with Gasteiger partial charge in [-0.05, 0) is 28.3 Å². The fourth-order valence-electron chi connectivity index (χ4n) is 4.16. The molecule has 8 heteroatoms. The Morgan fingerprint density at radius 1 is 0.917 bits per heavy atom. The molecule has 0 saturated carbocycles. The first-order chi connectivity index (χ1) is 17.3. The molecule has 0 spiro atoms. The van der Waals surface area contributed by atoms with E-state index >= 15 is 0 Å². The van der Waals surface area contributed by atoms with Gasteiger partial charge in [0.2, 0.25) is 5.91 Å². The first-order valence-corrected chi connectivity index (χ1v) is 13.9. The lowest BCUT2D eigenvalue weighted by Crippen LogP contribution is -2.41. The molecule has 1 aliphatic heterocycles. The molecule has 0 bridgehead atoms. The monoisotopic (exact) mass is 506 g/mol. The zero-order chi connectivity index (χ0) is 25.5. The Bertz CT molecular complexity index is 1320. The van der Waals surface area contributed by atoms with E-state index in [1.54, 1.807) is 18.2 Å². The summed E-state index contributed by atoms with van der Waals surface area (Å²) in [6, 6.07) is 22.7. The van der Waals surface area contributed by atoms with E-state index in [0.717, 1.165) is 22.9 Å². The Kier molecular flexibility index (Phi) is 8.30. The van der Waals surface area contributed by atoms with Gasteiger partial charge in [-0.25, -0.2) is 8.42 Å². The van der Waals surface area contributed by atoms with Gasteiger partial charge in [-0.3, -0.25) is 14.5 Å². The molecule has 3 aromatic rings. The van der Waals surface area contributed by atoms with Crippen LogP contribution in [0.3, 0.4) is 0 Å². The third kappa shape index (κ3) is 7.34. The van der Waals surface area contributed by atoms with Gasteiger partial charge in [-0.2, -0.15) is 0 Å². The summed E-state index contributed by atoms with van der Waals surface area (Å²) in [5.41, 5.74) is 4.27. The summed E-state index contributed by atoms with van der Waals surface area (Å²) in [7, 11) is -3.33. The number of sulfone groups is 1. The lowest BCUT2D eigenvalue weighted by Gasteiger charge is -2.26. The summed E-state index contributed by atoms with van der Waals surface area (Å²) in [4.78, 5) is 27.7. The third-order valence-electron chi connectivity index (χ3n) is 6.02. The van der Waals surface area contributed by atoms with E-state index < -0.39 is 9.84 Å². The number of Topliss-reactive ketones (excluding diaryl/α,β-unsaturated/α-hetero) is 1. The molecule has 0 radical (unpaired) electrons. The van der Waals surface area contributed by atoms with Crippen LogP contribution in [0.5, 0.6) is 0 Å². The lowest BCUT2D eigenvalue weighted by molar-refractivity contribution is -0.118. The van der Waals surface area contributed by atoms with Crippen molar-refractivity contribution >= 4 is 27.2 Å². The van der Waals surface area contributed by atoms with Crippen molar-refractivity contribution in [2.24, 2.45) is 0 Å². The number of ether oxygens (including phenoxy) is 1. The number of rotatable bonds is 9. The second-order valence-corrected chi connectivity index (χ2v) is 11.2. The fourth-order valence-corrected chi connectivity index (χ4v) is 4.98. The SMILES string of the molecule is CS(=O)(=O)Cc1ccc(C(=O)Cc2ccc(-c3ccccc3)cc2)cc1NC(=O)CN1CCOCC1. The molecular weight excluding hydrogens is 476 g/mol. The maximum Gasteiger partial charge on any atom is 0.238 e. The highest BCUT2D eigenvalue weighted by molar-refractivity contribution is 7.89. The van der Waals surface area contributed by atoms with Gasteiger partial charge in [0.05, 0.1) is 25.5 Å². The molecule has 36 heavy (non-hydrogen) atoms. The Morgan fingerprint density at radius 3 is 2.25 bits per heavy atom. The van der Waals surface area contributed by atoms with E-state index in [2.05, 4.69) is 5.32 Å². The molecule has 0 unspecified atom stereocenters. The minimum absolute atomic E-state index is 0.114. The summed E-state index contributed by atoms with van der Waals surface area (Å²) < 4.78 is 29.2. The second kappa shape index (κ2) is 11.6. The summed E-state index contributed by atoms with van der Waals surface area (Å²) in [5.74, 6) is -0.597. The average Bonchev–Trinajstić information content (AvgIpc) is 2.86. The predicted octanol–water partition coefficient (Wildman–Crippen LogP) is 3.59. The second-order valence-electron chi connectivity index (χ2n) is 9.04. The average molecular weight is 507 g/mol. The minimum atomic E-state index is -3.33. The predicted molar refractivity (Wildman–Crippen MR) is 141 cm³/mol. The summed E-state index contributed by atoms with van der Waals surface area (Å²) in [5, 5.41) is 2.83. The van der Waals surface area contributed by atoms with Crippen molar-refractivity contribution in [2.45, 2.75) is 12.2 Å². The molecule has 3 aromatic carbocycles. The molecule has 4 rings (SSSR count).